The van der Waals surface area contributed by atoms with Crippen LogP contribution in [0.5, 0.6) is 5.75 Å². The molecule has 5 nitrogen and oxygen atoms in total. The van der Waals surface area contributed by atoms with Gasteiger partial charge in [0.1, 0.15) is 5.75 Å². The normalized spacial score (nSPS) is 18.5. The smallest absolute Gasteiger partial charge is 0.228 e. The summed E-state index contributed by atoms with van der Waals surface area (Å²) in [6, 6.07) is 19.2. The molecule has 0 saturated carbocycles. The quantitative estimate of drug-likeness (QED) is 0.520. The van der Waals surface area contributed by atoms with Gasteiger partial charge < -0.3 is 14.5 Å². The van der Waals surface area contributed by atoms with Crippen molar-refractivity contribution in [1.29, 1.82) is 0 Å². The zero-order valence-corrected chi connectivity index (χ0v) is 19.5. The first-order valence-corrected chi connectivity index (χ1v) is 11.7. The molecule has 1 aliphatic rings. The van der Waals surface area contributed by atoms with E-state index in [4.69, 9.17) is 4.74 Å². The predicted octanol–water partition coefficient (Wildman–Crippen LogP) is 5.21. The molecule has 6 heteroatoms. The molecular weight excluding hydrogens is 420 g/mol. The van der Waals surface area contributed by atoms with Crippen LogP contribution in [0, 0.1) is 12.8 Å². The monoisotopic (exact) mass is 448 g/mol. The Labute approximate surface area is 193 Å². The van der Waals surface area contributed by atoms with Crippen molar-refractivity contribution < 1.29 is 14.3 Å². The molecule has 4 rings (SSSR count). The number of benzene rings is 2. The molecule has 166 valence electrons. The van der Waals surface area contributed by atoms with Crippen molar-refractivity contribution in [2.24, 2.45) is 5.92 Å². The van der Waals surface area contributed by atoms with Gasteiger partial charge >= 0.3 is 0 Å². The van der Waals surface area contributed by atoms with Crippen LogP contribution in [0.2, 0.25) is 0 Å². The number of nitrogens with zero attached hydrogens (tertiary/aromatic N) is 2. The van der Waals surface area contributed by atoms with E-state index in [0.717, 1.165) is 21.7 Å². The fourth-order valence-corrected chi connectivity index (χ4v) is 5.18. The van der Waals surface area contributed by atoms with Crippen molar-refractivity contribution in [2.75, 3.05) is 19.1 Å². The van der Waals surface area contributed by atoms with Gasteiger partial charge in [-0.1, -0.05) is 42.0 Å². The van der Waals surface area contributed by atoms with E-state index in [-0.39, 0.29) is 17.7 Å². The molecule has 32 heavy (non-hydrogen) atoms. The highest BCUT2D eigenvalue weighted by molar-refractivity contribution is 7.09. The minimum absolute atomic E-state index is 0.0229. The molecule has 2 heterocycles. The number of amides is 2. The van der Waals surface area contributed by atoms with Crippen LogP contribution in [-0.4, -0.2) is 30.9 Å². The molecule has 2 amide bonds. The van der Waals surface area contributed by atoms with Crippen LogP contribution >= 0.6 is 11.3 Å². The summed E-state index contributed by atoms with van der Waals surface area (Å²) in [5.41, 5.74) is 2.77. The van der Waals surface area contributed by atoms with Gasteiger partial charge in [0.2, 0.25) is 11.8 Å². The molecule has 0 N–H and O–H groups in total. The molecule has 0 radical (unpaired) electrons. The maximum Gasteiger partial charge on any atom is 0.228 e. The first kappa shape index (κ1) is 22.1. The second kappa shape index (κ2) is 9.57. The van der Waals surface area contributed by atoms with Crippen LogP contribution in [0.1, 0.15) is 34.9 Å². The van der Waals surface area contributed by atoms with Crippen molar-refractivity contribution in [3.05, 3.63) is 82.0 Å². The summed E-state index contributed by atoms with van der Waals surface area (Å²) in [5.74, 6) is 0.381. The largest absolute Gasteiger partial charge is 0.496 e. The molecule has 2 aromatic carbocycles. The number of aryl methyl sites for hydroxylation is 1. The van der Waals surface area contributed by atoms with Crippen molar-refractivity contribution in [3.8, 4) is 5.75 Å². The molecule has 1 aliphatic heterocycles. The topological polar surface area (TPSA) is 49.9 Å². The minimum Gasteiger partial charge on any atom is -0.496 e. The summed E-state index contributed by atoms with van der Waals surface area (Å²) in [5, 5.41) is 2.02. The fraction of sp³-hybridized carbons (Fsp3) is 0.308. The van der Waals surface area contributed by atoms with Crippen LogP contribution in [0.3, 0.4) is 0 Å². The number of anilines is 1. The molecule has 3 aromatic rings. The van der Waals surface area contributed by atoms with Crippen LogP contribution in [0.4, 0.5) is 5.69 Å². The van der Waals surface area contributed by atoms with Crippen molar-refractivity contribution in [1.82, 2.24) is 4.90 Å². The van der Waals surface area contributed by atoms with Gasteiger partial charge in [0.15, 0.2) is 0 Å². The minimum atomic E-state index is -0.437. The second-order valence-corrected chi connectivity index (χ2v) is 9.24. The first-order chi connectivity index (χ1) is 15.5. The van der Waals surface area contributed by atoms with E-state index in [1.807, 2.05) is 80.0 Å². The van der Waals surface area contributed by atoms with Gasteiger partial charge in [-0.3, -0.25) is 9.59 Å². The molecule has 2 atom stereocenters. The lowest BCUT2D eigenvalue weighted by Gasteiger charge is -2.42. The molecule has 0 bridgehead atoms. The average Bonchev–Trinajstić information content (AvgIpc) is 3.32. The molecule has 1 saturated heterocycles. The molecule has 1 fully saturated rings. The second-order valence-electron chi connectivity index (χ2n) is 8.20. The van der Waals surface area contributed by atoms with Gasteiger partial charge in [-0.2, -0.15) is 0 Å². The van der Waals surface area contributed by atoms with E-state index >= 15 is 0 Å². The Morgan fingerprint density at radius 3 is 2.56 bits per heavy atom. The SMILES string of the molecule is COc1ccccc1C1C(C(=O)N(C)Cc2cccs2)CCC(=O)N1c1ccc(C)cc1. The molecular formula is C26H28N2O3S. The number of carbonyl (C=O) groups is 2. The van der Waals surface area contributed by atoms with E-state index in [0.29, 0.717) is 25.1 Å². The fourth-order valence-electron chi connectivity index (χ4n) is 4.42. The van der Waals surface area contributed by atoms with Gasteiger partial charge in [-0.05, 0) is 43.0 Å². The third-order valence-corrected chi connectivity index (χ3v) is 6.89. The van der Waals surface area contributed by atoms with Gasteiger partial charge in [0.25, 0.3) is 0 Å². The Morgan fingerprint density at radius 2 is 1.88 bits per heavy atom. The Hall–Kier alpha value is -3.12. The number of hydrogen-bond donors (Lipinski definition) is 0. The highest BCUT2D eigenvalue weighted by atomic mass is 32.1. The number of para-hydroxylation sites is 1. The highest BCUT2D eigenvalue weighted by Gasteiger charge is 2.43. The summed E-state index contributed by atoms with van der Waals surface area (Å²) in [6.45, 7) is 2.58. The lowest BCUT2D eigenvalue weighted by Crippen LogP contribution is -2.48. The molecule has 0 aliphatic carbocycles. The Balaban J connectivity index is 1.76. The zero-order chi connectivity index (χ0) is 22.7. The maximum atomic E-state index is 13.7. The summed E-state index contributed by atoms with van der Waals surface area (Å²) in [6.07, 6.45) is 0.848. The standard InChI is InChI=1S/C26H28N2O3S/c1-18-10-12-19(13-11-18)28-24(29)15-14-22(25(28)21-8-4-5-9-23(21)31-3)26(30)27(2)17-20-7-6-16-32-20/h4-13,16,22,25H,14-15,17H2,1-3H3. The molecule has 2 unspecified atom stereocenters. The molecule has 0 spiro atoms. The summed E-state index contributed by atoms with van der Waals surface area (Å²) >= 11 is 1.64. The van der Waals surface area contributed by atoms with E-state index in [2.05, 4.69) is 0 Å². The van der Waals surface area contributed by atoms with Crippen LogP contribution in [0.15, 0.2) is 66.0 Å². The summed E-state index contributed by atoms with van der Waals surface area (Å²) < 4.78 is 5.65. The van der Waals surface area contributed by atoms with Gasteiger partial charge in [-0.25, -0.2) is 0 Å². The summed E-state index contributed by atoms with van der Waals surface area (Å²) in [7, 11) is 3.47. The third kappa shape index (κ3) is 4.41. The van der Waals surface area contributed by atoms with Crippen LogP contribution in [0.25, 0.3) is 0 Å². The van der Waals surface area contributed by atoms with E-state index in [1.165, 1.54) is 0 Å². The zero-order valence-electron chi connectivity index (χ0n) is 18.7. The van der Waals surface area contributed by atoms with E-state index in [9.17, 15) is 9.59 Å². The van der Waals surface area contributed by atoms with Crippen molar-refractivity contribution in [3.63, 3.8) is 0 Å². The number of hydrogen-bond acceptors (Lipinski definition) is 4. The number of rotatable bonds is 6. The van der Waals surface area contributed by atoms with Gasteiger partial charge in [-0.15, -0.1) is 11.3 Å². The van der Waals surface area contributed by atoms with Crippen LogP contribution < -0.4 is 9.64 Å². The van der Waals surface area contributed by atoms with E-state index in [1.54, 1.807) is 28.2 Å². The molecule has 1 aromatic heterocycles. The lowest BCUT2D eigenvalue weighted by atomic mass is 9.82. The Morgan fingerprint density at radius 1 is 1.12 bits per heavy atom. The maximum absolute atomic E-state index is 13.7. The number of ether oxygens (including phenoxy) is 1. The summed E-state index contributed by atoms with van der Waals surface area (Å²) in [4.78, 5) is 31.6. The lowest BCUT2D eigenvalue weighted by molar-refractivity contribution is -0.137. The Bertz CT molecular complexity index is 1080. The van der Waals surface area contributed by atoms with Gasteiger partial charge in [0, 0.05) is 29.6 Å². The third-order valence-electron chi connectivity index (χ3n) is 6.03. The average molecular weight is 449 g/mol. The number of carbonyl (C=O) groups excluding carboxylic acids is 2. The highest BCUT2D eigenvalue weighted by Crippen LogP contribution is 2.43. The number of thiophene rings is 1. The van der Waals surface area contributed by atoms with Crippen molar-refractivity contribution >= 4 is 28.8 Å². The Kier molecular flexibility index (Phi) is 6.61. The van der Waals surface area contributed by atoms with E-state index < -0.39 is 6.04 Å². The number of piperidine rings is 1. The van der Waals surface area contributed by atoms with Crippen molar-refractivity contribution in [2.45, 2.75) is 32.4 Å². The number of methoxy groups -OCH3 is 1. The van der Waals surface area contributed by atoms with Crippen LogP contribution in [-0.2, 0) is 16.1 Å². The van der Waals surface area contributed by atoms with Gasteiger partial charge in [0.05, 0.1) is 25.6 Å². The first-order valence-electron chi connectivity index (χ1n) is 10.8. The predicted molar refractivity (Wildman–Crippen MR) is 128 cm³/mol.